The second-order valence-electron chi connectivity index (χ2n) is 8.57. The largest absolute Gasteiger partial charge is 0.334 e. The minimum atomic E-state index is 0. The Morgan fingerprint density at radius 1 is 1.21 bits per heavy atom. The second-order valence-corrected chi connectivity index (χ2v) is 9.35. The van der Waals surface area contributed by atoms with Gasteiger partial charge in [-0.25, -0.2) is 0 Å². The molecule has 5 heteroatoms. The predicted octanol–water partition coefficient (Wildman–Crippen LogP) is 4.76. The molecule has 150 valence electrons. The summed E-state index contributed by atoms with van der Waals surface area (Å²) in [5, 5.41) is 7.82. The lowest BCUT2D eigenvalue weighted by atomic mass is 9.82. The van der Waals surface area contributed by atoms with Crippen molar-refractivity contribution in [2.75, 3.05) is 13.1 Å². The van der Waals surface area contributed by atoms with E-state index in [1.54, 1.807) is 11.3 Å². The first-order valence-corrected chi connectivity index (χ1v) is 11.3. The van der Waals surface area contributed by atoms with Gasteiger partial charge in [0.05, 0.1) is 5.92 Å². The minimum absolute atomic E-state index is 0. The van der Waals surface area contributed by atoms with Crippen LogP contribution in [0.1, 0.15) is 54.7 Å². The molecule has 2 fully saturated rings. The number of piperidine rings is 1. The van der Waals surface area contributed by atoms with Crippen molar-refractivity contribution in [3.05, 3.63) is 57.8 Å². The molecule has 1 saturated carbocycles. The highest BCUT2D eigenvalue weighted by molar-refractivity contribution is 7.07. The molecule has 0 radical (unpaired) electrons. The highest BCUT2D eigenvalue weighted by Gasteiger charge is 2.58. The highest BCUT2D eigenvalue weighted by Crippen LogP contribution is 2.56. The molecule has 1 amide bonds. The smallest absolute Gasteiger partial charge is 0.230 e. The van der Waals surface area contributed by atoms with Gasteiger partial charge < -0.3 is 10.2 Å². The van der Waals surface area contributed by atoms with E-state index in [1.807, 2.05) is 0 Å². The Morgan fingerprint density at radius 3 is 2.82 bits per heavy atom. The summed E-state index contributed by atoms with van der Waals surface area (Å²) >= 11 is 1.73. The van der Waals surface area contributed by atoms with Crippen molar-refractivity contribution in [1.29, 1.82) is 0 Å². The summed E-state index contributed by atoms with van der Waals surface area (Å²) in [4.78, 5) is 16.1. The topological polar surface area (TPSA) is 32.3 Å². The summed E-state index contributed by atoms with van der Waals surface area (Å²) in [6.07, 6.45) is 6.86. The molecule has 1 N–H and O–H groups in total. The number of hydrogen-bond donors (Lipinski definition) is 1. The number of fused-ring (bicyclic) bond motifs is 1. The van der Waals surface area contributed by atoms with E-state index >= 15 is 0 Å². The van der Waals surface area contributed by atoms with Gasteiger partial charge in [-0.05, 0) is 90.5 Å². The Morgan fingerprint density at radius 2 is 2.04 bits per heavy atom. The summed E-state index contributed by atoms with van der Waals surface area (Å²) in [5.41, 5.74) is 4.33. The van der Waals surface area contributed by atoms with Gasteiger partial charge in [-0.1, -0.05) is 24.3 Å². The summed E-state index contributed by atoms with van der Waals surface area (Å²) in [6.45, 7) is 2.98. The molecule has 5 rings (SSSR count). The summed E-state index contributed by atoms with van der Waals surface area (Å²) in [6, 6.07) is 11.2. The quantitative estimate of drug-likeness (QED) is 0.779. The molecule has 28 heavy (non-hydrogen) atoms. The normalized spacial score (nSPS) is 24.9. The fraction of sp³-hybridized carbons (Fsp3) is 0.522. The van der Waals surface area contributed by atoms with Crippen LogP contribution in [0.3, 0.4) is 0 Å². The number of nitrogens with one attached hydrogen (secondary N) is 1. The zero-order chi connectivity index (χ0) is 18.3. The van der Waals surface area contributed by atoms with Gasteiger partial charge >= 0.3 is 0 Å². The monoisotopic (exact) mass is 416 g/mol. The van der Waals surface area contributed by atoms with Crippen molar-refractivity contribution >= 4 is 29.7 Å². The molecule has 0 bridgehead atoms. The molecule has 1 aliphatic heterocycles. The van der Waals surface area contributed by atoms with Gasteiger partial charge in [0, 0.05) is 12.6 Å². The molecule has 3 aliphatic rings. The number of aryl methyl sites for hydroxylation is 1. The Kier molecular flexibility index (Phi) is 5.82. The lowest BCUT2D eigenvalue weighted by Crippen LogP contribution is -2.41. The molecule has 1 aromatic heterocycles. The van der Waals surface area contributed by atoms with Gasteiger partial charge in [-0.2, -0.15) is 11.3 Å². The Balaban J connectivity index is 0.00000192. The molecule has 2 aromatic rings. The summed E-state index contributed by atoms with van der Waals surface area (Å²) in [7, 11) is 0. The van der Waals surface area contributed by atoms with Crippen LogP contribution in [0.15, 0.2) is 41.1 Å². The van der Waals surface area contributed by atoms with Crippen molar-refractivity contribution < 1.29 is 4.79 Å². The van der Waals surface area contributed by atoms with Gasteiger partial charge in [0.15, 0.2) is 0 Å². The van der Waals surface area contributed by atoms with Crippen LogP contribution in [0.4, 0.5) is 0 Å². The van der Waals surface area contributed by atoms with Crippen LogP contribution in [-0.2, 0) is 17.8 Å². The average molecular weight is 417 g/mol. The van der Waals surface area contributed by atoms with Gasteiger partial charge in [-0.15, -0.1) is 12.4 Å². The van der Waals surface area contributed by atoms with Crippen LogP contribution in [0.5, 0.6) is 0 Å². The van der Waals surface area contributed by atoms with E-state index in [2.05, 4.69) is 51.3 Å². The third-order valence-corrected chi connectivity index (χ3v) is 7.74. The van der Waals surface area contributed by atoms with E-state index in [0.717, 1.165) is 38.9 Å². The number of thiophene rings is 1. The lowest BCUT2D eigenvalue weighted by molar-refractivity contribution is -0.135. The molecule has 1 spiro atoms. The predicted molar refractivity (Wildman–Crippen MR) is 117 cm³/mol. The molecule has 2 unspecified atom stereocenters. The first kappa shape index (κ1) is 19.9. The SMILES string of the molecule is Cl.O=C(C1CCCc2ccccc21)N(Cc1ccsc1)C1CC12CCNCC2. The van der Waals surface area contributed by atoms with Crippen LogP contribution in [-0.4, -0.2) is 29.9 Å². The minimum Gasteiger partial charge on any atom is -0.334 e. The Labute approximate surface area is 177 Å². The summed E-state index contributed by atoms with van der Waals surface area (Å²) in [5.74, 6) is 0.418. The van der Waals surface area contributed by atoms with Gasteiger partial charge in [0.1, 0.15) is 0 Å². The highest BCUT2D eigenvalue weighted by atomic mass is 35.5. The fourth-order valence-corrected chi connectivity index (χ4v) is 6.02. The van der Waals surface area contributed by atoms with Gasteiger partial charge in [0.25, 0.3) is 0 Å². The van der Waals surface area contributed by atoms with Crippen LogP contribution >= 0.6 is 23.7 Å². The van der Waals surface area contributed by atoms with E-state index in [4.69, 9.17) is 0 Å². The molecule has 2 aliphatic carbocycles. The maximum absolute atomic E-state index is 13.8. The number of rotatable bonds is 4. The maximum atomic E-state index is 13.8. The Hall–Kier alpha value is -1.36. The number of benzene rings is 1. The zero-order valence-corrected chi connectivity index (χ0v) is 17.9. The van der Waals surface area contributed by atoms with E-state index in [0.29, 0.717) is 17.4 Å². The number of hydrogen-bond acceptors (Lipinski definition) is 3. The third-order valence-electron chi connectivity index (χ3n) is 7.01. The average Bonchev–Trinajstić information content (AvgIpc) is 3.14. The fourth-order valence-electron chi connectivity index (χ4n) is 5.36. The number of halogens is 1. The Bertz CT molecular complexity index is 816. The van der Waals surface area contributed by atoms with Gasteiger partial charge in [-0.3, -0.25) is 4.79 Å². The van der Waals surface area contributed by atoms with E-state index in [-0.39, 0.29) is 18.3 Å². The zero-order valence-electron chi connectivity index (χ0n) is 16.2. The van der Waals surface area contributed by atoms with Crippen molar-refractivity contribution in [2.45, 2.75) is 57.0 Å². The molecule has 1 saturated heterocycles. The van der Waals surface area contributed by atoms with E-state index < -0.39 is 0 Å². The second kappa shape index (κ2) is 8.17. The molecular formula is C23H29ClN2OS. The number of carbonyl (C=O) groups is 1. The van der Waals surface area contributed by atoms with Crippen LogP contribution in [0.25, 0.3) is 0 Å². The first-order chi connectivity index (χ1) is 13.3. The molecular weight excluding hydrogens is 388 g/mol. The molecule has 3 nitrogen and oxygen atoms in total. The molecule has 1 aromatic carbocycles. The number of carbonyl (C=O) groups excluding carboxylic acids is 1. The van der Waals surface area contributed by atoms with Crippen molar-refractivity contribution in [3.63, 3.8) is 0 Å². The molecule has 2 atom stereocenters. The van der Waals surface area contributed by atoms with Crippen LogP contribution in [0, 0.1) is 5.41 Å². The third kappa shape index (κ3) is 3.62. The molecule has 2 heterocycles. The van der Waals surface area contributed by atoms with Crippen molar-refractivity contribution in [3.8, 4) is 0 Å². The standard InChI is InChI=1S/C23H28N2OS.ClH/c26-22(20-7-3-5-18-4-1-2-6-19(18)20)25(15-17-8-13-27-16-17)21-14-23(21)9-11-24-12-10-23;/h1-2,4,6,8,13,16,20-21,24H,3,5,7,9-12,14-15H2;1H. The van der Waals surface area contributed by atoms with E-state index in [9.17, 15) is 4.79 Å². The lowest BCUT2D eigenvalue weighted by Gasteiger charge is -2.34. The maximum Gasteiger partial charge on any atom is 0.230 e. The van der Waals surface area contributed by atoms with Crippen molar-refractivity contribution in [2.24, 2.45) is 5.41 Å². The number of amides is 1. The van der Waals surface area contributed by atoms with Crippen LogP contribution < -0.4 is 5.32 Å². The first-order valence-electron chi connectivity index (χ1n) is 10.4. The van der Waals surface area contributed by atoms with Crippen LogP contribution in [0.2, 0.25) is 0 Å². The van der Waals surface area contributed by atoms with Crippen molar-refractivity contribution in [1.82, 2.24) is 10.2 Å². The van der Waals surface area contributed by atoms with Gasteiger partial charge in [0.2, 0.25) is 5.91 Å². The summed E-state index contributed by atoms with van der Waals surface area (Å²) < 4.78 is 0. The van der Waals surface area contributed by atoms with E-state index in [1.165, 1.54) is 36.0 Å². The number of nitrogens with zero attached hydrogens (tertiary/aromatic N) is 1.